The van der Waals surface area contributed by atoms with Crippen molar-refractivity contribution in [2.24, 2.45) is 23.5 Å². The standard InChI is InChI=1S/C16H31N3O/c1-11(2)13-7-8-19(9-13)10-16(15(17)20,14-5-6-14)18-12(3)4/h11-14,18H,5-10H2,1-4H3,(H2,17,20). The van der Waals surface area contributed by atoms with Gasteiger partial charge in [0.2, 0.25) is 5.91 Å². The van der Waals surface area contributed by atoms with Gasteiger partial charge in [-0.15, -0.1) is 0 Å². The number of carbonyl (C=O) groups excluding carboxylic acids is 1. The number of nitrogens with one attached hydrogen (secondary N) is 1. The molecule has 0 radical (unpaired) electrons. The maximum absolute atomic E-state index is 12.2. The fourth-order valence-electron chi connectivity index (χ4n) is 3.64. The van der Waals surface area contributed by atoms with Gasteiger partial charge in [0.05, 0.1) is 0 Å². The number of hydrogen-bond acceptors (Lipinski definition) is 3. The number of hydrogen-bond donors (Lipinski definition) is 2. The Kier molecular flexibility index (Phi) is 4.75. The summed E-state index contributed by atoms with van der Waals surface area (Å²) in [4.78, 5) is 14.6. The zero-order valence-electron chi connectivity index (χ0n) is 13.5. The third kappa shape index (κ3) is 3.34. The van der Waals surface area contributed by atoms with Crippen LogP contribution in [0.5, 0.6) is 0 Å². The zero-order chi connectivity index (χ0) is 14.9. The van der Waals surface area contributed by atoms with Crippen molar-refractivity contribution < 1.29 is 4.79 Å². The van der Waals surface area contributed by atoms with Gasteiger partial charge in [-0.2, -0.15) is 0 Å². The van der Waals surface area contributed by atoms with E-state index in [1.807, 2.05) is 0 Å². The summed E-state index contributed by atoms with van der Waals surface area (Å²) in [6.07, 6.45) is 3.51. The Morgan fingerprint density at radius 3 is 2.35 bits per heavy atom. The zero-order valence-corrected chi connectivity index (χ0v) is 13.5. The van der Waals surface area contributed by atoms with E-state index in [-0.39, 0.29) is 11.9 Å². The summed E-state index contributed by atoms with van der Waals surface area (Å²) in [7, 11) is 0. The molecule has 0 aromatic rings. The Balaban J connectivity index is 2.06. The van der Waals surface area contributed by atoms with Crippen LogP contribution in [0.2, 0.25) is 0 Å². The molecule has 2 atom stereocenters. The molecule has 4 heteroatoms. The van der Waals surface area contributed by atoms with Gasteiger partial charge in [-0.1, -0.05) is 13.8 Å². The number of nitrogens with zero attached hydrogens (tertiary/aromatic N) is 1. The van der Waals surface area contributed by atoms with E-state index in [2.05, 4.69) is 37.9 Å². The number of rotatable bonds is 7. The fourth-order valence-corrected chi connectivity index (χ4v) is 3.64. The molecule has 1 saturated carbocycles. The molecule has 3 N–H and O–H groups in total. The monoisotopic (exact) mass is 281 g/mol. The van der Waals surface area contributed by atoms with Crippen molar-refractivity contribution in [2.45, 2.75) is 58.5 Å². The van der Waals surface area contributed by atoms with Crippen molar-refractivity contribution in [2.75, 3.05) is 19.6 Å². The minimum atomic E-state index is -0.514. The largest absolute Gasteiger partial charge is 0.368 e. The summed E-state index contributed by atoms with van der Waals surface area (Å²) in [5.41, 5.74) is 5.29. The fraction of sp³-hybridized carbons (Fsp3) is 0.938. The first kappa shape index (κ1) is 15.8. The molecular formula is C16H31N3O. The minimum Gasteiger partial charge on any atom is -0.368 e. The number of amides is 1. The van der Waals surface area contributed by atoms with Gasteiger partial charge < -0.3 is 10.6 Å². The lowest BCUT2D eigenvalue weighted by Crippen LogP contribution is -2.64. The summed E-state index contributed by atoms with van der Waals surface area (Å²) in [6, 6.07) is 0.284. The van der Waals surface area contributed by atoms with Gasteiger partial charge >= 0.3 is 0 Å². The summed E-state index contributed by atoms with van der Waals surface area (Å²) >= 11 is 0. The molecule has 0 aromatic carbocycles. The SMILES string of the molecule is CC(C)NC(CN1CCC(C(C)C)C1)(C(N)=O)C1CC1. The second-order valence-electron chi connectivity index (χ2n) is 7.44. The maximum atomic E-state index is 12.2. The van der Waals surface area contributed by atoms with E-state index in [1.165, 1.54) is 6.42 Å². The van der Waals surface area contributed by atoms with E-state index in [4.69, 9.17) is 5.73 Å². The molecule has 116 valence electrons. The van der Waals surface area contributed by atoms with Gasteiger partial charge in [-0.3, -0.25) is 10.1 Å². The summed E-state index contributed by atoms with van der Waals surface area (Å²) in [5.74, 6) is 1.75. The first-order valence-electron chi connectivity index (χ1n) is 8.15. The van der Waals surface area contributed by atoms with Crippen molar-refractivity contribution in [1.29, 1.82) is 0 Å². The van der Waals surface area contributed by atoms with Crippen molar-refractivity contribution in [1.82, 2.24) is 10.2 Å². The van der Waals surface area contributed by atoms with Crippen molar-refractivity contribution >= 4 is 5.91 Å². The van der Waals surface area contributed by atoms with Crippen LogP contribution in [-0.2, 0) is 4.79 Å². The first-order valence-corrected chi connectivity index (χ1v) is 8.15. The quantitative estimate of drug-likeness (QED) is 0.745. The molecular weight excluding hydrogens is 250 g/mol. The highest BCUT2D eigenvalue weighted by Gasteiger charge is 2.51. The van der Waals surface area contributed by atoms with E-state index >= 15 is 0 Å². The van der Waals surface area contributed by atoms with Gasteiger partial charge in [0.15, 0.2) is 0 Å². The summed E-state index contributed by atoms with van der Waals surface area (Å²) in [5, 5.41) is 3.51. The first-order chi connectivity index (χ1) is 9.35. The predicted molar refractivity (Wildman–Crippen MR) is 82.3 cm³/mol. The smallest absolute Gasteiger partial charge is 0.239 e. The minimum absolute atomic E-state index is 0.165. The van der Waals surface area contributed by atoms with Crippen molar-refractivity contribution in [3.63, 3.8) is 0 Å². The second kappa shape index (κ2) is 6.02. The molecule has 1 saturated heterocycles. The Labute approximate surface area is 123 Å². The van der Waals surface area contributed by atoms with Gasteiger partial charge in [-0.05, 0) is 57.4 Å². The highest BCUT2D eigenvalue weighted by atomic mass is 16.1. The molecule has 2 unspecified atom stereocenters. The number of carbonyl (C=O) groups is 1. The van der Waals surface area contributed by atoms with E-state index in [0.29, 0.717) is 5.92 Å². The van der Waals surface area contributed by atoms with Crippen LogP contribution in [-0.4, -0.2) is 42.0 Å². The van der Waals surface area contributed by atoms with Crippen LogP contribution in [0.4, 0.5) is 0 Å². The van der Waals surface area contributed by atoms with Crippen LogP contribution in [0.25, 0.3) is 0 Å². The molecule has 0 spiro atoms. The topological polar surface area (TPSA) is 58.4 Å². The Morgan fingerprint density at radius 2 is 1.95 bits per heavy atom. The molecule has 2 fully saturated rings. The molecule has 2 aliphatic rings. The van der Waals surface area contributed by atoms with Gasteiger partial charge in [0, 0.05) is 19.1 Å². The van der Waals surface area contributed by atoms with Crippen molar-refractivity contribution in [3.8, 4) is 0 Å². The third-order valence-corrected chi connectivity index (χ3v) is 4.98. The van der Waals surface area contributed by atoms with Gasteiger partial charge in [-0.25, -0.2) is 0 Å². The highest BCUT2D eigenvalue weighted by molar-refractivity contribution is 5.86. The maximum Gasteiger partial charge on any atom is 0.239 e. The Bertz CT molecular complexity index is 352. The molecule has 0 bridgehead atoms. The predicted octanol–water partition coefficient (Wildman–Crippen LogP) is 1.60. The van der Waals surface area contributed by atoms with Crippen LogP contribution in [0.3, 0.4) is 0 Å². The van der Waals surface area contributed by atoms with Crippen molar-refractivity contribution in [3.05, 3.63) is 0 Å². The lowest BCUT2D eigenvalue weighted by atomic mass is 9.90. The lowest BCUT2D eigenvalue weighted by Gasteiger charge is -2.37. The van der Waals surface area contributed by atoms with Crippen LogP contribution >= 0.6 is 0 Å². The second-order valence-corrected chi connectivity index (χ2v) is 7.44. The van der Waals surface area contributed by atoms with Gasteiger partial charge in [0.1, 0.15) is 5.54 Å². The highest BCUT2D eigenvalue weighted by Crippen LogP contribution is 2.41. The summed E-state index contributed by atoms with van der Waals surface area (Å²) in [6.45, 7) is 11.8. The van der Waals surface area contributed by atoms with Crippen LogP contribution < -0.4 is 11.1 Å². The van der Waals surface area contributed by atoms with Crippen LogP contribution in [0.15, 0.2) is 0 Å². The van der Waals surface area contributed by atoms with Gasteiger partial charge in [0.25, 0.3) is 0 Å². The number of likely N-dealkylation sites (tertiary alicyclic amines) is 1. The average Bonchev–Trinajstić information content (AvgIpc) is 3.08. The Morgan fingerprint density at radius 1 is 1.30 bits per heavy atom. The number of primary amides is 1. The van der Waals surface area contributed by atoms with Crippen LogP contribution in [0, 0.1) is 17.8 Å². The molecule has 1 heterocycles. The average molecular weight is 281 g/mol. The van der Waals surface area contributed by atoms with E-state index in [9.17, 15) is 4.79 Å². The summed E-state index contributed by atoms with van der Waals surface area (Å²) < 4.78 is 0. The molecule has 2 rings (SSSR count). The number of nitrogens with two attached hydrogens (primary N) is 1. The molecule has 1 amide bonds. The Hall–Kier alpha value is -0.610. The molecule has 4 nitrogen and oxygen atoms in total. The lowest BCUT2D eigenvalue weighted by molar-refractivity contribution is -0.126. The van der Waals surface area contributed by atoms with E-state index in [0.717, 1.165) is 44.3 Å². The normalized spacial score (nSPS) is 27.2. The molecule has 1 aliphatic carbocycles. The van der Waals surface area contributed by atoms with E-state index in [1.54, 1.807) is 0 Å². The van der Waals surface area contributed by atoms with E-state index < -0.39 is 5.54 Å². The molecule has 20 heavy (non-hydrogen) atoms. The molecule has 0 aromatic heterocycles. The molecule has 1 aliphatic heterocycles. The van der Waals surface area contributed by atoms with Crippen LogP contribution in [0.1, 0.15) is 47.0 Å². The third-order valence-electron chi connectivity index (χ3n) is 4.98.